The number of hydrogen-bond acceptors (Lipinski definition) is 6. The molecule has 7 heteroatoms. The van der Waals surface area contributed by atoms with Crippen LogP contribution >= 0.6 is 11.3 Å². The number of carbonyl (C=O) groups is 1. The van der Waals surface area contributed by atoms with E-state index in [0.29, 0.717) is 15.1 Å². The molecule has 0 saturated heterocycles. The van der Waals surface area contributed by atoms with Gasteiger partial charge in [-0.2, -0.15) is 0 Å². The maximum absolute atomic E-state index is 13.9. The summed E-state index contributed by atoms with van der Waals surface area (Å²) in [6.07, 6.45) is 3.57. The Morgan fingerprint density at radius 3 is 2.62 bits per heavy atom. The first-order valence-corrected chi connectivity index (χ1v) is 12.9. The summed E-state index contributed by atoms with van der Waals surface area (Å²) in [5, 5.41) is 0. The van der Waals surface area contributed by atoms with Gasteiger partial charge >= 0.3 is 5.97 Å². The van der Waals surface area contributed by atoms with E-state index in [2.05, 4.69) is 18.2 Å². The van der Waals surface area contributed by atoms with Crippen molar-refractivity contribution in [3.63, 3.8) is 0 Å². The molecule has 1 atom stereocenters. The number of aromatic nitrogens is 1. The van der Waals surface area contributed by atoms with Gasteiger partial charge in [0.05, 0.1) is 23.4 Å². The number of ether oxygens (including phenoxy) is 2. The Morgan fingerprint density at radius 1 is 1.03 bits per heavy atom. The van der Waals surface area contributed by atoms with Crippen molar-refractivity contribution in [2.45, 2.75) is 25.8 Å². The number of nitrogens with zero attached hydrogens (tertiary/aromatic N) is 2. The summed E-state index contributed by atoms with van der Waals surface area (Å²) >= 11 is 1.37. The van der Waals surface area contributed by atoms with E-state index >= 15 is 0 Å². The molecule has 184 valence electrons. The molecule has 0 unspecified atom stereocenters. The van der Waals surface area contributed by atoms with Gasteiger partial charge in [-0.15, -0.1) is 0 Å². The largest absolute Gasteiger partial charge is 0.497 e. The number of aryl methyl sites for hydroxylation is 1. The maximum atomic E-state index is 13.9. The number of fused-ring (bicyclic) bond motifs is 3. The monoisotopic (exact) mass is 508 g/mol. The molecule has 2 aliphatic rings. The van der Waals surface area contributed by atoms with E-state index < -0.39 is 0 Å². The molecule has 6 nitrogen and oxygen atoms in total. The Hall–Kier alpha value is -4.23. The van der Waals surface area contributed by atoms with Crippen molar-refractivity contribution in [1.29, 1.82) is 0 Å². The number of benzene rings is 3. The second-order valence-corrected chi connectivity index (χ2v) is 10.1. The van der Waals surface area contributed by atoms with Gasteiger partial charge in [0.25, 0.3) is 5.56 Å². The fraction of sp³-hybridized carbons (Fsp3) is 0.167. The molecule has 0 radical (unpaired) electrons. The van der Waals surface area contributed by atoms with Crippen LogP contribution in [0.3, 0.4) is 0 Å². The molecule has 3 aromatic carbocycles. The topological polar surface area (TPSA) is 69.9 Å². The third-order valence-electron chi connectivity index (χ3n) is 6.72. The van der Waals surface area contributed by atoms with Crippen molar-refractivity contribution >= 4 is 29.1 Å². The quantitative estimate of drug-likeness (QED) is 0.305. The van der Waals surface area contributed by atoms with Crippen LogP contribution in [-0.4, -0.2) is 17.6 Å². The number of hydrogen-bond donors (Lipinski definition) is 0. The summed E-state index contributed by atoms with van der Waals surface area (Å²) < 4.78 is 13.0. The van der Waals surface area contributed by atoms with Gasteiger partial charge in [-0.3, -0.25) is 14.2 Å². The predicted octanol–water partition coefficient (Wildman–Crippen LogP) is 4.25. The van der Waals surface area contributed by atoms with Crippen molar-refractivity contribution in [2.75, 3.05) is 7.11 Å². The molecule has 0 fully saturated rings. The first kappa shape index (κ1) is 23.2. The number of thiazole rings is 1. The third kappa shape index (κ3) is 4.21. The molecule has 1 aromatic heterocycles. The SMILES string of the molecule is COc1ccc([C@@H]2C3=C(N=c4s/c(=C\c5cccc(OC(C)=O)c5)c(=O)n42)c2ccccc2CC3)cc1. The van der Waals surface area contributed by atoms with Crippen molar-refractivity contribution in [3.8, 4) is 11.5 Å². The Balaban J connectivity index is 1.56. The van der Waals surface area contributed by atoms with Crippen LogP contribution in [0.4, 0.5) is 0 Å². The van der Waals surface area contributed by atoms with Gasteiger partial charge in [0.15, 0.2) is 4.80 Å². The molecular weight excluding hydrogens is 484 g/mol. The molecule has 37 heavy (non-hydrogen) atoms. The zero-order valence-electron chi connectivity index (χ0n) is 20.4. The molecule has 4 aromatic rings. The van der Waals surface area contributed by atoms with Gasteiger partial charge in [0, 0.05) is 12.5 Å². The van der Waals surface area contributed by atoms with Crippen LogP contribution in [0.5, 0.6) is 11.5 Å². The van der Waals surface area contributed by atoms with E-state index in [1.54, 1.807) is 25.3 Å². The lowest BCUT2D eigenvalue weighted by Gasteiger charge is -2.30. The molecule has 0 amide bonds. The highest BCUT2D eigenvalue weighted by molar-refractivity contribution is 7.07. The zero-order chi connectivity index (χ0) is 25.5. The first-order valence-electron chi connectivity index (χ1n) is 12.1. The van der Waals surface area contributed by atoms with Crippen molar-refractivity contribution < 1.29 is 14.3 Å². The van der Waals surface area contributed by atoms with Crippen LogP contribution in [-0.2, 0) is 11.2 Å². The first-order chi connectivity index (χ1) is 18.0. The minimum Gasteiger partial charge on any atom is -0.497 e. The van der Waals surface area contributed by atoms with Crippen LogP contribution in [0.15, 0.2) is 88.2 Å². The van der Waals surface area contributed by atoms with Crippen molar-refractivity contribution in [3.05, 3.63) is 120 Å². The molecule has 6 rings (SSSR count). The average molecular weight is 509 g/mol. The van der Waals surface area contributed by atoms with Crippen LogP contribution in [0.25, 0.3) is 11.8 Å². The van der Waals surface area contributed by atoms with E-state index in [1.165, 1.54) is 23.8 Å². The Kier molecular flexibility index (Phi) is 5.85. The van der Waals surface area contributed by atoms with Crippen LogP contribution in [0.1, 0.15) is 41.6 Å². The van der Waals surface area contributed by atoms with Crippen LogP contribution in [0.2, 0.25) is 0 Å². The summed E-state index contributed by atoms with van der Waals surface area (Å²) in [5.41, 5.74) is 6.24. The van der Waals surface area contributed by atoms with E-state index in [1.807, 2.05) is 47.0 Å². The van der Waals surface area contributed by atoms with Crippen molar-refractivity contribution in [2.24, 2.45) is 4.99 Å². The highest BCUT2D eigenvalue weighted by atomic mass is 32.1. The fourth-order valence-corrected chi connectivity index (χ4v) is 6.09. The predicted molar refractivity (Wildman–Crippen MR) is 143 cm³/mol. The minimum atomic E-state index is -0.387. The number of allylic oxidation sites excluding steroid dienone is 1. The fourth-order valence-electron chi connectivity index (χ4n) is 5.09. The summed E-state index contributed by atoms with van der Waals surface area (Å²) in [4.78, 5) is 31.0. The molecule has 1 aliphatic carbocycles. The lowest BCUT2D eigenvalue weighted by molar-refractivity contribution is -0.131. The second kappa shape index (κ2) is 9.33. The summed E-state index contributed by atoms with van der Waals surface area (Å²) in [5.74, 6) is 0.825. The highest BCUT2D eigenvalue weighted by Gasteiger charge is 2.32. The number of methoxy groups -OCH3 is 1. The number of esters is 1. The summed E-state index contributed by atoms with van der Waals surface area (Å²) in [6, 6.07) is 23.2. The van der Waals surface area contributed by atoms with Gasteiger partial charge in [0.2, 0.25) is 0 Å². The molecule has 0 N–H and O–H groups in total. The average Bonchev–Trinajstić information content (AvgIpc) is 3.21. The molecule has 0 bridgehead atoms. The molecule has 0 spiro atoms. The van der Waals surface area contributed by atoms with Gasteiger partial charge in [0.1, 0.15) is 11.5 Å². The maximum Gasteiger partial charge on any atom is 0.308 e. The highest BCUT2D eigenvalue weighted by Crippen LogP contribution is 2.41. The Bertz CT molecular complexity index is 1750. The van der Waals surface area contributed by atoms with Crippen LogP contribution < -0.4 is 24.4 Å². The van der Waals surface area contributed by atoms with E-state index in [0.717, 1.165) is 46.6 Å². The van der Waals surface area contributed by atoms with Crippen molar-refractivity contribution in [1.82, 2.24) is 4.57 Å². The summed E-state index contributed by atoms with van der Waals surface area (Å²) in [7, 11) is 1.65. The Morgan fingerprint density at radius 2 is 1.84 bits per heavy atom. The van der Waals surface area contributed by atoms with Gasteiger partial charge in [-0.25, -0.2) is 4.99 Å². The summed E-state index contributed by atoms with van der Waals surface area (Å²) in [6.45, 7) is 1.36. The molecule has 0 saturated carbocycles. The minimum absolute atomic E-state index is 0.0899. The zero-order valence-corrected chi connectivity index (χ0v) is 21.2. The molecule has 2 heterocycles. The third-order valence-corrected chi connectivity index (χ3v) is 7.70. The van der Waals surface area contributed by atoms with E-state index in [9.17, 15) is 9.59 Å². The lowest BCUT2D eigenvalue weighted by Crippen LogP contribution is -2.38. The lowest BCUT2D eigenvalue weighted by atomic mass is 9.83. The van der Waals surface area contributed by atoms with Gasteiger partial charge in [-0.05, 0) is 65.4 Å². The molecular formula is C30H24N2O4S. The van der Waals surface area contributed by atoms with E-state index in [-0.39, 0.29) is 17.6 Å². The normalized spacial score (nSPS) is 16.4. The smallest absolute Gasteiger partial charge is 0.308 e. The van der Waals surface area contributed by atoms with Gasteiger partial charge < -0.3 is 9.47 Å². The van der Waals surface area contributed by atoms with Crippen LogP contribution in [0, 0.1) is 0 Å². The standard InChI is InChI=1S/C30H24N2O4S/c1-18(33)36-23-8-5-6-19(16-23)17-26-29(34)32-28(21-10-13-22(35-2)14-11-21)25-15-12-20-7-3-4-9-24(20)27(25)31-30(32)37-26/h3-11,13-14,16-17,28H,12,15H2,1-2H3/b26-17-/t28-/m1/s1. The van der Waals surface area contributed by atoms with E-state index in [4.69, 9.17) is 14.5 Å². The second-order valence-electron chi connectivity index (χ2n) is 9.05. The molecule has 1 aliphatic heterocycles. The number of carbonyl (C=O) groups excluding carboxylic acids is 1. The number of rotatable bonds is 4. The Labute approximate surface area is 217 Å². The van der Waals surface area contributed by atoms with Gasteiger partial charge in [-0.1, -0.05) is 59.9 Å².